The molecule has 0 unspecified atom stereocenters. The lowest BCUT2D eigenvalue weighted by Gasteiger charge is -2.57. The SMILES string of the molecule is CC(=O)[C@@](O)([C@@H](C)C(C)C)[C@@](O)(C(C)=O)[C@@H](C)[C@H]1CC[C@H]2[C@@H]3COC(=O)[C@H]4C[C@H](O)[C@H](O)C[C@]4(C)[C@H]3CC[C@]12C. The zero-order valence-corrected chi connectivity index (χ0v) is 25.6. The summed E-state index contributed by atoms with van der Waals surface area (Å²) in [4.78, 5) is 39.5. The van der Waals surface area contributed by atoms with Crippen LogP contribution in [0.15, 0.2) is 0 Å². The van der Waals surface area contributed by atoms with E-state index < -0.39 is 58.1 Å². The Bertz CT molecular complexity index is 1030. The Labute approximate surface area is 239 Å². The van der Waals surface area contributed by atoms with E-state index >= 15 is 0 Å². The zero-order valence-electron chi connectivity index (χ0n) is 25.6. The summed E-state index contributed by atoms with van der Waals surface area (Å²) in [5.74, 6) is -3.26. The minimum Gasteiger partial charge on any atom is -0.465 e. The molecule has 0 radical (unpaired) electrons. The molecule has 4 fully saturated rings. The maximum atomic E-state index is 13.3. The number of cyclic esters (lactones) is 1. The number of rotatable bonds is 7. The van der Waals surface area contributed by atoms with Gasteiger partial charge in [0.1, 0.15) is 0 Å². The summed E-state index contributed by atoms with van der Waals surface area (Å²) in [6, 6.07) is 0. The second-order valence-corrected chi connectivity index (χ2v) is 14.8. The first kappa shape index (κ1) is 31.6. The van der Waals surface area contributed by atoms with Crippen molar-refractivity contribution in [3.63, 3.8) is 0 Å². The van der Waals surface area contributed by atoms with Crippen molar-refractivity contribution in [3.05, 3.63) is 0 Å². The van der Waals surface area contributed by atoms with Crippen molar-refractivity contribution in [1.29, 1.82) is 0 Å². The third-order valence-electron chi connectivity index (χ3n) is 13.0. The van der Waals surface area contributed by atoms with Crippen LogP contribution in [-0.4, -0.2) is 68.0 Å². The second-order valence-electron chi connectivity index (χ2n) is 14.8. The predicted octanol–water partition coefficient (Wildman–Crippen LogP) is 3.31. The van der Waals surface area contributed by atoms with Gasteiger partial charge in [-0.2, -0.15) is 0 Å². The van der Waals surface area contributed by atoms with Crippen molar-refractivity contribution < 1.29 is 39.5 Å². The number of ketones is 2. The molecule has 3 aliphatic carbocycles. The van der Waals surface area contributed by atoms with Crippen LogP contribution >= 0.6 is 0 Å². The van der Waals surface area contributed by atoms with Crippen LogP contribution in [0, 0.1) is 58.2 Å². The summed E-state index contributed by atoms with van der Waals surface area (Å²) in [6.45, 7) is 14.4. The van der Waals surface area contributed by atoms with Crippen LogP contribution in [0.2, 0.25) is 0 Å². The van der Waals surface area contributed by atoms with Gasteiger partial charge in [-0.3, -0.25) is 14.4 Å². The van der Waals surface area contributed by atoms with Crippen LogP contribution in [0.25, 0.3) is 0 Å². The van der Waals surface area contributed by atoms with E-state index in [1.165, 1.54) is 13.8 Å². The van der Waals surface area contributed by atoms with E-state index in [-0.39, 0.29) is 54.0 Å². The van der Waals surface area contributed by atoms with Gasteiger partial charge >= 0.3 is 5.97 Å². The van der Waals surface area contributed by atoms with Crippen molar-refractivity contribution in [1.82, 2.24) is 0 Å². The maximum Gasteiger partial charge on any atom is 0.309 e. The molecule has 0 aromatic heterocycles. The van der Waals surface area contributed by atoms with Crippen molar-refractivity contribution in [2.75, 3.05) is 6.61 Å². The third-order valence-corrected chi connectivity index (χ3v) is 13.0. The molecule has 4 rings (SSSR count). The zero-order chi connectivity index (χ0) is 30.2. The molecule has 40 heavy (non-hydrogen) atoms. The van der Waals surface area contributed by atoms with E-state index in [1.807, 2.05) is 20.8 Å². The number of hydrogen-bond acceptors (Lipinski definition) is 8. The molecule has 8 heteroatoms. The summed E-state index contributed by atoms with van der Waals surface area (Å²) in [6.07, 6.45) is 1.87. The molecule has 3 saturated carbocycles. The van der Waals surface area contributed by atoms with Crippen LogP contribution in [-0.2, 0) is 19.1 Å². The van der Waals surface area contributed by atoms with Crippen LogP contribution in [0.3, 0.4) is 0 Å². The van der Waals surface area contributed by atoms with E-state index in [0.29, 0.717) is 6.42 Å². The molecular weight excluding hydrogens is 512 g/mol. The molecule has 0 spiro atoms. The summed E-state index contributed by atoms with van der Waals surface area (Å²) in [7, 11) is 0. The normalized spacial score (nSPS) is 44.1. The Morgan fingerprint density at radius 1 is 0.900 bits per heavy atom. The monoisotopic (exact) mass is 564 g/mol. The summed E-state index contributed by atoms with van der Waals surface area (Å²) < 4.78 is 5.87. The van der Waals surface area contributed by atoms with Gasteiger partial charge in [0.25, 0.3) is 0 Å². The highest BCUT2D eigenvalue weighted by atomic mass is 16.5. The number of Topliss-reactive ketones (excluding diaryl/α,β-unsaturated/α-hetero) is 2. The average molecular weight is 565 g/mol. The number of carbonyl (C=O) groups is 3. The number of aliphatic hydroxyl groups is 4. The van der Waals surface area contributed by atoms with Gasteiger partial charge in [0.2, 0.25) is 0 Å². The van der Waals surface area contributed by atoms with E-state index in [2.05, 4.69) is 13.8 Å². The lowest BCUT2D eigenvalue weighted by Crippen LogP contribution is -2.70. The van der Waals surface area contributed by atoms with Gasteiger partial charge in [0, 0.05) is 0 Å². The smallest absolute Gasteiger partial charge is 0.309 e. The summed E-state index contributed by atoms with van der Waals surface area (Å²) in [5, 5.41) is 45.2. The van der Waals surface area contributed by atoms with Gasteiger partial charge in [0.15, 0.2) is 22.8 Å². The molecule has 0 aromatic carbocycles. The van der Waals surface area contributed by atoms with Crippen LogP contribution in [0.4, 0.5) is 0 Å². The highest BCUT2D eigenvalue weighted by Gasteiger charge is 2.68. The Kier molecular flexibility index (Phi) is 8.23. The van der Waals surface area contributed by atoms with Crippen molar-refractivity contribution in [2.45, 2.75) is 117 Å². The van der Waals surface area contributed by atoms with Gasteiger partial charge in [-0.1, -0.05) is 41.5 Å². The number of hydrogen-bond donors (Lipinski definition) is 4. The minimum atomic E-state index is -2.25. The Morgan fingerprint density at radius 2 is 1.48 bits per heavy atom. The molecule has 1 heterocycles. The first-order chi connectivity index (χ1) is 18.4. The molecule has 0 bridgehead atoms. The lowest BCUT2D eigenvalue weighted by atomic mass is 9.47. The summed E-state index contributed by atoms with van der Waals surface area (Å²) >= 11 is 0. The van der Waals surface area contributed by atoms with E-state index in [1.54, 1.807) is 6.92 Å². The molecule has 13 atom stereocenters. The number of carbonyl (C=O) groups excluding carboxylic acids is 3. The minimum absolute atomic E-state index is 0.0454. The molecule has 0 aromatic rings. The Hall–Kier alpha value is -1.35. The van der Waals surface area contributed by atoms with E-state index in [9.17, 15) is 34.8 Å². The molecule has 4 aliphatic rings. The topological polar surface area (TPSA) is 141 Å². The number of fused-ring (bicyclic) bond motifs is 5. The average Bonchev–Trinajstić information content (AvgIpc) is 3.18. The fraction of sp³-hybridized carbons (Fsp3) is 0.906. The van der Waals surface area contributed by atoms with Crippen LogP contribution < -0.4 is 0 Å². The molecule has 1 aliphatic heterocycles. The molecule has 4 N–H and O–H groups in total. The van der Waals surface area contributed by atoms with Crippen molar-refractivity contribution >= 4 is 17.5 Å². The maximum absolute atomic E-state index is 13.3. The highest BCUT2D eigenvalue weighted by molar-refractivity contribution is 5.97. The van der Waals surface area contributed by atoms with Crippen molar-refractivity contribution in [3.8, 4) is 0 Å². The number of esters is 1. The first-order valence-electron chi connectivity index (χ1n) is 15.4. The summed E-state index contributed by atoms with van der Waals surface area (Å²) in [5.41, 5.74) is -5.28. The van der Waals surface area contributed by atoms with Crippen LogP contribution in [0.1, 0.15) is 93.9 Å². The van der Waals surface area contributed by atoms with Crippen molar-refractivity contribution in [2.24, 2.45) is 58.2 Å². The molecule has 228 valence electrons. The predicted molar refractivity (Wildman–Crippen MR) is 149 cm³/mol. The fourth-order valence-electron chi connectivity index (χ4n) is 10.3. The second kappa shape index (κ2) is 10.4. The highest BCUT2D eigenvalue weighted by Crippen LogP contribution is 2.67. The Balaban J connectivity index is 1.72. The first-order valence-corrected chi connectivity index (χ1v) is 15.4. The van der Waals surface area contributed by atoms with Gasteiger partial charge in [-0.15, -0.1) is 0 Å². The fourth-order valence-corrected chi connectivity index (χ4v) is 10.3. The van der Waals surface area contributed by atoms with Gasteiger partial charge in [-0.05, 0) is 105 Å². The Morgan fingerprint density at radius 3 is 2.02 bits per heavy atom. The molecule has 8 nitrogen and oxygen atoms in total. The van der Waals surface area contributed by atoms with Gasteiger partial charge in [0.05, 0.1) is 24.7 Å². The van der Waals surface area contributed by atoms with Gasteiger partial charge < -0.3 is 25.2 Å². The lowest BCUT2D eigenvalue weighted by molar-refractivity contribution is -0.216. The quantitative estimate of drug-likeness (QED) is 0.345. The van der Waals surface area contributed by atoms with E-state index in [0.717, 1.165) is 25.7 Å². The van der Waals surface area contributed by atoms with Gasteiger partial charge in [-0.25, -0.2) is 0 Å². The molecule has 1 saturated heterocycles. The number of aliphatic hydroxyl groups excluding tert-OH is 2. The molecule has 0 amide bonds. The van der Waals surface area contributed by atoms with E-state index in [4.69, 9.17) is 4.74 Å². The van der Waals surface area contributed by atoms with Crippen LogP contribution in [0.5, 0.6) is 0 Å². The molecular formula is C32H52O8. The largest absolute Gasteiger partial charge is 0.465 e. The third kappa shape index (κ3) is 4.25. The number of ether oxygens (including phenoxy) is 1. The standard InChI is InChI=1S/C32H52O8/c1-16(2)17(3)31(38,19(5)33)32(39,20(6)34)18(4)22-9-10-23-21-15-40-28(37)25-13-26(35)27(36)14-30(25,8)24(21)11-12-29(22,23)7/h16-18,21-27,35-36,38-39H,9-15H2,1-8H3/t17-,18-,21-,22+,23-,24-,25+,26-,27+,29+,30+,31-,32-/m0/s1.